The summed E-state index contributed by atoms with van der Waals surface area (Å²) in [5.74, 6) is -0.239. The third kappa shape index (κ3) is 4.92. The number of benzene rings is 1. The predicted octanol–water partition coefficient (Wildman–Crippen LogP) is 1.21. The number of carbonyl (C=O) groups excluding carboxylic acids is 2. The van der Waals surface area contributed by atoms with Crippen LogP contribution in [-0.2, 0) is 17.6 Å². The first-order valence-corrected chi connectivity index (χ1v) is 7.54. The average Bonchev–Trinajstić information content (AvgIpc) is 2.61. The maximum absolute atomic E-state index is 11.9. The SMILES string of the molecule is CNC(=O)c1ccc(CCNC(=O)Cc2cncc(C#N)c2)cc1. The Morgan fingerprint density at radius 1 is 1.17 bits per heavy atom. The first kappa shape index (κ1) is 17.2. The number of nitrogens with one attached hydrogen (secondary N) is 2. The van der Waals surface area contributed by atoms with Gasteiger partial charge in [-0.25, -0.2) is 0 Å². The van der Waals surface area contributed by atoms with E-state index in [1.807, 2.05) is 18.2 Å². The molecule has 0 radical (unpaired) electrons. The number of nitrogens with zero attached hydrogens (tertiary/aromatic N) is 2. The van der Waals surface area contributed by atoms with Crippen molar-refractivity contribution < 1.29 is 9.59 Å². The van der Waals surface area contributed by atoms with Crippen LogP contribution in [0.2, 0.25) is 0 Å². The summed E-state index contributed by atoms with van der Waals surface area (Å²) < 4.78 is 0. The number of hydrogen-bond acceptors (Lipinski definition) is 4. The van der Waals surface area contributed by atoms with Crippen LogP contribution in [0.25, 0.3) is 0 Å². The molecule has 2 N–H and O–H groups in total. The molecule has 1 heterocycles. The summed E-state index contributed by atoms with van der Waals surface area (Å²) in [6.07, 6.45) is 3.91. The second-order valence-electron chi connectivity index (χ2n) is 5.25. The highest BCUT2D eigenvalue weighted by Crippen LogP contribution is 2.05. The van der Waals surface area contributed by atoms with Gasteiger partial charge in [0.1, 0.15) is 6.07 Å². The highest BCUT2D eigenvalue weighted by Gasteiger charge is 2.05. The molecule has 6 nitrogen and oxygen atoms in total. The van der Waals surface area contributed by atoms with Crippen molar-refractivity contribution in [1.82, 2.24) is 15.6 Å². The quantitative estimate of drug-likeness (QED) is 0.836. The fraction of sp³-hybridized carbons (Fsp3) is 0.222. The minimum absolute atomic E-state index is 0.117. The van der Waals surface area contributed by atoms with Gasteiger partial charge in [0.25, 0.3) is 5.91 Å². The second-order valence-corrected chi connectivity index (χ2v) is 5.25. The predicted molar refractivity (Wildman–Crippen MR) is 89.2 cm³/mol. The highest BCUT2D eigenvalue weighted by molar-refractivity contribution is 5.93. The van der Waals surface area contributed by atoms with E-state index in [9.17, 15) is 9.59 Å². The lowest BCUT2D eigenvalue weighted by molar-refractivity contribution is -0.120. The summed E-state index contributed by atoms with van der Waals surface area (Å²) in [5, 5.41) is 14.2. The van der Waals surface area contributed by atoms with Crippen molar-refractivity contribution >= 4 is 11.8 Å². The van der Waals surface area contributed by atoms with Gasteiger partial charge in [0, 0.05) is 31.5 Å². The van der Waals surface area contributed by atoms with E-state index in [0.29, 0.717) is 29.7 Å². The van der Waals surface area contributed by atoms with Gasteiger partial charge in [-0.1, -0.05) is 12.1 Å². The van der Waals surface area contributed by atoms with Crippen LogP contribution in [0.15, 0.2) is 42.7 Å². The molecule has 0 spiro atoms. The molecule has 0 fully saturated rings. The zero-order valence-electron chi connectivity index (χ0n) is 13.4. The maximum Gasteiger partial charge on any atom is 0.251 e. The molecule has 0 saturated heterocycles. The Balaban J connectivity index is 1.80. The fourth-order valence-corrected chi connectivity index (χ4v) is 2.21. The van der Waals surface area contributed by atoms with E-state index in [-0.39, 0.29) is 18.2 Å². The Bertz CT molecular complexity index is 763. The standard InChI is InChI=1S/C18H18N4O2/c1-20-18(24)16-4-2-13(3-5-16)6-7-22-17(23)9-14-8-15(10-19)12-21-11-14/h2-5,8,11-12H,6-7,9H2,1H3,(H,20,24)(H,22,23). The number of hydrogen-bond donors (Lipinski definition) is 2. The summed E-state index contributed by atoms with van der Waals surface area (Å²) >= 11 is 0. The van der Waals surface area contributed by atoms with Gasteiger partial charge in [-0.15, -0.1) is 0 Å². The summed E-state index contributed by atoms with van der Waals surface area (Å²) in [4.78, 5) is 27.3. The van der Waals surface area contributed by atoms with E-state index in [2.05, 4.69) is 15.6 Å². The lowest BCUT2D eigenvalue weighted by atomic mass is 10.1. The highest BCUT2D eigenvalue weighted by atomic mass is 16.2. The molecule has 1 aromatic carbocycles. The summed E-state index contributed by atoms with van der Waals surface area (Å²) in [6, 6.07) is 10.9. The molecule has 24 heavy (non-hydrogen) atoms. The van der Waals surface area contributed by atoms with Crippen molar-refractivity contribution in [2.75, 3.05) is 13.6 Å². The van der Waals surface area contributed by atoms with Crippen molar-refractivity contribution in [2.24, 2.45) is 0 Å². The molecule has 0 aliphatic rings. The molecule has 2 aromatic rings. The number of pyridine rings is 1. The van der Waals surface area contributed by atoms with Crippen LogP contribution in [0, 0.1) is 11.3 Å². The molecule has 2 amide bonds. The van der Waals surface area contributed by atoms with Crippen LogP contribution in [0.4, 0.5) is 0 Å². The fourth-order valence-electron chi connectivity index (χ4n) is 2.21. The Hall–Kier alpha value is -3.20. The van der Waals surface area contributed by atoms with Crippen LogP contribution in [-0.4, -0.2) is 30.4 Å². The number of rotatable bonds is 6. The van der Waals surface area contributed by atoms with Crippen LogP contribution >= 0.6 is 0 Å². The van der Waals surface area contributed by atoms with E-state index in [1.54, 1.807) is 31.4 Å². The van der Waals surface area contributed by atoms with E-state index in [4.69, 9.17) is 5.26 Å². The third-order valence-electron chi connectivity index (χ3n) is 3.47. The molecule has 0 saturated carbocycles. The van der Waals surface area contributed by atoms with E-state index >= 15 is 0 Å². The molecule has 2 rings (SSSR count). The molecule has 0 unspecified atom stereocenters. The molecule has 122 valence electrons. The smallest absolute Gasteiger partial charge is 0.251 e. The maximum atomic E-state index is 11.9. The molecule has 0 atom stereocenters. The lowest BCUT2D eigenvalue weighted by Gasteiger charge is -2.06. The van der Waals surface area contributed by atoms with E-state index in [0.717, 1.165) is 5.56 Å². The topological polar surface area (TPSA) is 94.9 Å². The molecule has 0 aliphatic heterocycles. The van der Waals surface area contributed by atoms with Crippen LogP contribution in [0.5, 0.6) is 0 Å². The van der Waals surface area contributed by atoms with Gasteiger partial charge in [0.05, 0.1) is 12.0 Å². The Labute approximate surface area is 140 Å². The van der Waals surface area contributed by atoms with Gasteiger partial charge in [-0.05, 0) is 35.7 Å². The molecule has 0 aliphatic carbocycles. The molecular weight excluding hydrogens is 304 g/mol. The van der Waals surface area contributed by atoms with Gasteiger partial charge in [-0.3, -0.25) is 14.6 Å². The summed E-state index contributed by atoms with van der Waals surface area (Å²) in [7, 11) is 1.59. The molecule has 1 aromatic heterocycles. The van der Waals surface area contributed by atoms with Gasteiger partial charge < -0.3 is 10.6 Å². The van der Waals surface area contributed by atoms with Crippen LogP contribution in [0.3, 0.4) is 0 Å². The first-order valence-electron chi connectivity index (χ1n) is 7.54. The van der Waals surface area contributed by atoms with Crippen LogP contribution in [0.1, 0.15) is 27.0 Å². The van der Waals surface area contributed by atoms with Crippen molar-refractivity contribution in [2.45, 2.75) is 12.8 Å². The van der Waals surface area contributed by atoms with Crippen molar-refractivity contribution in [3.63, 3.8) is 0 Å². The van der Waals surface area contributed by atoms with E-state index < -0.39 is 0 Å². The average molecular weight is 322 g/mol. The van der Waals surface area contributed by atoms with Gasteiger partial charge >= 0.3 is 0 Å². The van der Waals surface area contributed by atoms with Gasteiger partial charge in [0.15, 0.2) is 0 Å². The van der Waals surface area contributed by atoms with Crippen molar-refractivity contribution in [3.05, 3.63) is 65.0 Å². The Morgan fingerprint density at radius 2 is 1.92 bits per heavy atom. The third-order valence-corrected chi connectivity index (χ3v) is 3.47. The molecular formula is C18H18N4O2. The van der Waals surface area contributed by atoms with E-state index in [1.165, 1.54) is 6.20 Å². The normalized spacial score (nSPS) is 9.83. The zero-order chi connectivity index (χ0) is 17.4. The minimum Gasteiger partial charge on any atom is -0.355 e. The molecule has 0 bridgehead atoms. The largest absolute Gasteiger partial charge is 0.355 e. The van der Waals surface area contributed by atoms with Crippen molar-refractivity contribution in [1.29, 1.82) is 5.26 Å². The van der Waals surface area contributed by atoms with Gasteiger partial charge in [-0.2, -0.15) is 5.26 Å². The van der Waals surface area contributed by atoms with Crippen molar-refractivity contribution in [3.8, 4) is 6.07 Å². The summed E-state index contributed by atoms with van der Waals surface area (Å²) in [5.41, 5.74) is 2.80. The summed E-state index contributed by atoms with van der Waals surface area (Å²) in [6.45, 7) is 0.503. The second kappa shape index (κ2) is 8.44. The number of nitriles is 1. The zero-order valence-corrected chi connectivity index (χ0v) is 13.4. The Morgan fingerprint density at radius 3 is 2.58 bits per heavy atom. The Kier molecular flexibility index (Phi) is 6.03. The number of amides is 2. The monoisotopic (exact) mass is 322 g/mol. The molecule has 6 heteroatoms. The number of carbonyl (C=O) groups is 2. The lowest BCUT2D eigenvalue weighted by Crippen LogP contribution is -2.27. The van der Waals surface area contributed by atoms with Crippen LogP contribution < -0.4 is 10.6 Å². The minimum atomic E-state index is -0.122. The number of aromatic nitrogens is 1. The van der Waals surface area contributed by atoms with Gasteiger partial charge in [0.2, 0.25) is 5.91 Å². The first-order chi connectivity index (χ1) is 11.6.